The van der Waals surface area contributed by atoms with Crippen LogP contribution in [0.25, 0.3) is 0 Å². The van der Waals surface area contributed by atoms with E-state index in [0.717, 1.165) is 11.7 Å². The van der Waals surface area contributed by atoms with Crippen molar-refractivity contribution in [3.8, 4) is 0 Å². The molecule has 1 fully saturated rings. The van der Waals surface area contributed by atoms with E-state index in [4.69, 9.17) is 4.52 Å². The van der Waals surface area contributed by atoms with Crippen molar-refractivity contribution < 1.29 is 9.09 Å². The summed E-state index contributed by atoms with van der Waals surface area (Å²) in [5.41, 5.74) is 0. The summed E-state index contributed by atoms with van der Waals surface area (Å²) >= 11 is 0. The Morgan fingerprint density at radius 3 is 2.53 bits per heavy atom. The van der Waals surface area contributed by atoms with Crippen molar-refractivity contribution in [3.63, 3.8) is 0 Å². The first kappa shape index (κ1) is 14.7. The molecule has 0 N–H and O–H groups in total. The van der Waals surface area contributed by atoms with Gasteiger partial charge in [0.15, 0.2) is 0 Å². The Morgan fingerprint density at radius 1 is 1.21 bits per heavy atom. The molecular formula is C16H24O2P+. The van der Waals surface area contributed by atoms with E-state index in [9.17, 15) is 4.57 Å². The van der Waals surface area contributed by atoms with Crippen molar-refractivity contribution in [1.82, 2.24) is 0 Å². The van der Waals surface area contributed by atoms with Gasteiger partial charge in [0.2, 0.25) is 5.30 Å². The Bertz CT molecular complexity index is 416. The lowest BCUT2D eigenvalue weighted by Crippen LogP contribution is -2.33. The standard InChI is InChI=1S/C16H24O2P/c1-12(2)15-10-9-13(3)11-16(15)18-19(17)14-7-5-4-6-8-14/h4-8,12-13,15-16H,9-11H2,1-3H3/q+1/t13-,15+,16-/m0/s1. The summed E-state index contributed by atoms with van der Waals surface area (Å²) in [4.78, 5) is 0. The molecule has 1 saturated carbocycles. The fourth-order valence-electron chi connectivity index (χ4n) is 2.97. The van der Waals surface area contributed by atoms with E-state index < -0.39 is 8.03 Å². The quantitative estimate of drug-likeness (QED) is 0.757. The number of rotatable bonds is 4. The molecule has 0 heterocycles. The summed E-state index contributed by atoms with van der Waals surface area (Å²) < 4.78 is 18.2. The van der Waals surface area contributed by atoms with Crippen molar-refractivity contribution in [2.24, 2.45) is 17.8 Å². The van der Waals surface area contributed by atoms with E-state index >= 15 is 0 Å². The summed E-state index contributed by atoms with van der Waals surface area (Å²) in [5.74, 6) is 1.81. The molecule has 104 valence electrons. The minimum absolute atomic E-state index is 0.146. The van der Waals surface area contributed by atoms with Crippen molar-refractivity contribution in [1.29, 1.82) is 0 Å². The summed E-state index contributed by atoms with van der Waals surface area (Å²) in [6.07, 6.45) is 3.65. The highest BCUT2D eigenvalue weighted by molar-refractivity contribution is 7.48. The fraction of sp³-hybridized carbons (Fsp3) is 0.625. The monoisotopic (exact) mass is 279 g/mol. The van der Waals surface area contributed by atoms with Crippen LogP contribution in [0.4, 0.5) is 0 Å². The van der Waals surface area contributed by atoms with Crippen LogP contribution in [0.5, 0.6) is 0 Å². The highest BCUT2D eigenvalue weighted by Crippen LogP contribution is 2.39. The highest BCUT2D eigenvalue weighted by atomic mass is 31.1. The normalized spacial score (nSPS) is 28.4. The van der Waals surface area contributed by atoms with Gasteiger partial charge < -0.3 is 0 Å². The van der Waals surface area contributed by atoms with Crippen LogP contribution in [0, 0.1) is 17.8 Å². The lowest BCUT2D eigenvalue weighted by atomic mass is 9.75. The SMILES string of the molecule is CC(C)[C@H]1CC[C@H](C)C[C@@H]1O[P+](=O)c1ccccc1. The van der Waals surface area contributed by atoms with Gasteiger partial charge in [0, 0.05) is 0 Å². The summed E-state index contributed by atoms with van der Waals surface area (Å²) in [7, 11) is -1.72. The first-order chi connectivity index (χ1) is 9.08. The molecule has 0 spiro atoms. The van der Waals surface area contributed by atoms with Gasteiger partial charge in [-0.1, -0.05) is 45.4 Å². The second-order valence-corrected chi connectivity index (χ2v) is 7.30. The average Bonchev–Trinajstić information content (AvgIpc) is 2.39. The smallest absolute Gasteiger partial charge is 0.138 e. The van der Waals surface area contributed by atoms with E-state index in [1.807, 2.05) is 30.3 Å². The van der Waals surface area contributed by atoms with E-state index in [-0.39, 0.29) is 6.10 Å². The average molecular weight is 279 g/mol. The van der Waals surface area contributed by atoms with Crippen LogP contribution >= 0.6 is 8.03 Å². The molecule has 19 heavy (non-hydrogen) atoms. The third-order valence-corrected chi connectivity index (χ3v) is 5.34. The van der Waals surface area contributed by atoms with Crippen LogP contribution in [0.3, 0.4) is 0 Å². The van der Waals surface area contributed by atoms with Crippen LogP contribution in [0.15, 0.2) is 30.3 Å². The van der Waals surface area contributed by atoms with Crippen LogP contribution in [-0.4, -0.2) is 6.10 Å². The molecule has 1 aliphatic carbocycles. The molecule has 0 bridgehead atoms. The van der Waals surface area contributed by atoms with Gasteiger partial charge in [0.1, 0.15) is 6.10 Å². The molecule has 1 unspecified atom stereocenters. The lowest BCUT2D eigenvalue weighted by molar-refractivity contribution is 0.0538. The topological polar surface area (TPSA) is 26.3 Å². The van der Waals surface area contributed by atoms with Gasteiger partial charge in [0.25, 0.3) is 0 Å². The fourth-order valence-corrected chi connectivity index (χ4v) is 4.00. The van der Waals surface area contributed by atoms with E-state index in [0.29, 0.717) is 17.8 Å². The van der Waals surface area contributed by atoms with Crippen LogP contribution in [-0.2, 0) is 9.09 Å². The Labute approximate surface area is 117 Å². The Kier molecular flexibility index (Phi) is 5.13. The molecule has 0 radical (unpaired) electrons. The lowest BCUT2D eigenvalue weighted by Gasteiger charge is -2.33. The second kappa shape index (κ2) is 6.63. The van der Waals surface area contributed by atoms with Crippen molar-refractivity contribution in [3.05, 3.63) is 30.3 Å². The van der Waals surface area contributed by atoms with Crippen LogP contribution < -0.4 is 5.30 Å². The molecule has 3 heteroatoms. The van der Waals surface area contributed by atoms with Crippen molar-refractivity contribution in [2.75, 3.05) is 0 Å². The van der Waals surface area contributed by atoms with E-state index in [2.05, 4.69) is 20.8 Å². The largest absolute Gasteiger partial charge is 0.548 e. The van der Waals surface area contributed by atoms with Gasteiger partial charge in [-0.05, 0) is 47.3 Å². The van der Waals surface area contributed by atoms with E-state index in [1.165, 1.54) is 12.8 Å². The maximum atomic E-state index is 12.3. The summed E-state index contributed by atoms with van der Waals surface area (Å²) in [6, 6.07) is 9.53. The van der Waals surface area contributed by atoms with Crippen molar-refractivity contribution in [2.45, 2.75) is 46.1 Å². The Hall–Kier alpha value is -0.720. The molecule has 2 nitrogen and oxygen atoms in total. The Balaban J connectivity index is 2.04. The maximum Gasteiger partial charge on any atom is 0.548 e. The minimum Gasteiger partial charge on any atom is -0.138 e. The second-order valence-electron chi connectivity index (χ2n) is 6.06. The number of hydrogen-bond donors (Lipinski definition) is 0. The third-order valence-electron chi connectivity index (χ3n) is 4.16. The summed E-state index contributed by atoms with van der Waals surface area (Å²) in [5, 5.41) is 0.804. The summed E-state index contributed by atoms with van der Waals surface area (Å²) in [6.45, 7) is 6.75. The van der Waals surface area contributed by atoms with Gasteiger partial charge in [-0.25, -0.2) is 0 Å². The number of hydrogen-bond acceptors (Lipinski definition) is 2. The highest BCUT2D eigenvalue weighted by Gasteiger charge is 2.38. The van der Waals surface area contributed by atoms with Crippen molar-refractivity contribution >= 4 is 13.3 Å². The number of benzene rings is 1. The molecule has 0 aromatic heterocycles. The zero-order valence-corrected chi connectivity index (χ0v) is 13.0. The van der Waals surface area contributed by atoms with Crippen LogP contribution in [0.1, 0.15) is 40.0 Å². The molecule has 1 aromatic carbocycles. The molecule has 2 rings (SSSR count). The van der Waals surface area contributed by atoms with Crippen LogP contribution in [0.2, 0.25) is 0 Å². The van der Waals surface area contributed by atoms with E-state index in [1.54, 1.807) is 0 Å². The molecular weight excluding hydrogens is 255 g/mol. The van der Waals surface area contributed by atoms with Gasteiger partial charge in [-0.15, -0.1) is 4.52 Å². The molecule has 1 aromatic rings. The molecule has 0 saturated heterocycles. The third kappa shape index (κ3) is 3.87. The molecule has 0 aliphatic heterocycles. The minimum atomic E-state index is -1.72. The molecule has 0 amide bonds. The molecule has 4 atom stereocenters. The van der Waals surface area contributed by atoms with Gasteiger partial charge in [0.05, 0.1) is 0 Å². The Morgan fingerprint density at radius 2 is 1.89 bits per heavy atom. The zero-order valence-electron chi connectivity index (χ0n) is 12.1. The predicted octanol–water partition coefficient (Wildman–Crippen LogP) is 4.53. The van der Waals surface area contributed by atoms with Gasteiger partial charge >= 0.3 is 8.03 Å². The molecule has 1 aliphatic rings. The first-order valence-corrected chi connectivity index (χ1v) is 8.44. The van der Waals surface area contributed by atoms with Gasteiger partial charge in [-0.3, -0.25) is 0 Å². The maximum absolute atomic E-state index is 12.3. The predicted molar refractivity (Wildman–Crippen MR) is 79.9 cm³/mol. The first-order valence-electron chi connectivity index (χ1n) is 7.27. The zero-order chi connectivity index (χ0) is 13.8. The van der Waals surface area contributed by atoms with Gasteiger partial charge in [-0.2, -0.15) is 0 Å².